The van der Waals surface area contributed by atoms with Gasteiger partial charge >= 0.3 is 0 Å². The second kappa shape index (κ2) is 30.1. The summed E-state index contributed by atoms with van der Waals surface area (Å²) in [5.74, 6) is 1.14. The molecule has 6 aromatic rings. The molecule has 0 aromatic carbocycles. The second-order valence-electron chi connectivity index (χ2n) is 36.1. The minimum Gasteiger partial charge on any atom is -0.383 e. The Morgan fingerprint density at radius 2 is 0.748 bits per heavy atom. The van der Waals surface area contributed by atoms with Crippen molar-refractivity contribution in [1.82, 2.24) is 59.2 Å². The molecule has 24 nitrogen and oxygen atoms in total. The molecule has 0 spiro atoms. The largest absolute Gasteiger partial charge is 0.383 e. The standard InChI is InChI=1S/C28H44N6O2.C28H42N6O2.C27H40N6O2/c2*1-24(2)25(3,4)27(7,8)28(9,26(24,5)6)20(15-30-10)34-16-18(14-33-34)22-19(13-21(35-11)36-12)23(29)32-17-31-22;1-24(2)22(25(3,4)27(7,8)26(24,5)6)19(14-29-9)33-15-17(13-32-33)21-18(12-20(34-10)35-11)23(28)31-16-30-21/h14,16-17,20-21H,13,15H2,1-9,11-12H3,(H2,29,31,32);14-17,21H,13H2,1-9,11-12H3,(H2,29,31,32);13,15-16,20H,12,14H2,1-8,10-11H3,(H2,28,30,31)/b;20-15-;/t20-;;/m1../s1. The highest BCUT2D eigenvalue weighted by Crippen LogP contribution is 2.82. The van der Waals surface area contributed by atoms with E-state index in [1.165, 1.54) is 24.6 Å². The summed E-state index contributed by atoms with van der Waals surface area (Å²) in [5, 5.41) is 14.3. The van der Waals surface area contributed by atoms with Gasteiger partial charge in [-0.2, -0.15) is 15.3 Å². The summed E-state index contributed by atoms with van der Waals surface area (Å²) in [7, 11) is 9.53. The molecule has 107 heavy (non-hydrogen) atoms. The van der Waals surface area contributed by atoms with Crippen LogP contribution >= 0.6 is 0 Å². The lowest BCUT2D eigenvalue weighted by atomic mass is 9.53. The van der Waals surface area contributed by atoms with Gasteiger partial charge in [0.2, 0.25) is 6.54 Å². The quantitative estimate of drug-likeness (QED) is 0.0421. The highest BCUT2D eigenvalue weighted by molar-refractivity contribution is 5.71. The lowest BCUT2D eigenvalue weighted by Gasteiger charge is -2.52. The molecule has 3 aliphatic carbocycles. The fourth-order valence-electron chi connectivity index (χ4n) is 19.6. The predicted molar refractivity (Wildman–Crippen MR) is 425 cm³/mol. The summed E-state index contributed by atoms with van der Waals surface area (Å²) in [5.41, 5.74) is 27.0. The molecule has 0 aliphatic heterocycles. The van der Waals surface area contributed by atoms with Gasteiger partial charge in [0.1, 0.15) is 48.2 Å². The van der Waals surface area contributed by atoms with Gasteiger partial charge < -0.3 is 55.3 Å². The van der Waals surface area contributed by atoms with E-state index in [0.29, 0.717) is 60.3 Å². The van der Waals surface area contributed by atoms with E-state index in [9.17, 15) is 0 Å². The van der Waals surface area contributed by atoms with Crippen molar-refractivity contribution in [2.24, 2.45) is 75.8 Å². The summed E-state index contributed by atoms with van der Waals surface area (Å²) in [4.78, 5) is 37.6. The van der Waals surface area contributed by atoms with Crippen LogP contribution in [-0.4, -0.2) is 134 Å². The van der Waals surface area contributed by atoms with Crippen LogP contribution in [0.1, 0.15) is 203 Å². The summed E-state index contributed by atoms with van der Waals surface area (Å²) in [6.45, 7) is 84.8. The summed E-state index contributed by atoms with van der Waals surface area (Å²) in [6.07, 6.45) is 17.0. The van der Waals surface area contributed by atoms with Crippen LogP contribution in [0.25, 0.3) is 59.7 Å². The number of methoxy groups -OCH3 is 6. The molecule has 3 saturated carbocycles. The van der Waals surface area contributed by atoms with Gasteiger partial charge in [-0.1, -0.05) is 180 Å². The molecule has 0 saturated heterocycles. The Bertz CT molecular complexity index is 4290. The molecule has 0 amide bonds. The Balaban J connectivity index is 0.000000224. The van der Waals surface area contributed by atoms with Gasteiger partial charge in [-0.05, 0) is 70.6 Å². The molecular weight excluding hydrogens is 1350 g/mol. The first kappa shape index (κ1) is 86.2. The van der Waals surface area contributed by atoms with Crippen LogP contribution in [0.15, 0.2) is 67.9 Å². The van der Waals surface area contributed by atoms with E-state index in [-0.39, 0.29) is 88.4 Å². The average Bonchev–Trinajstić information content (AvgIpc) is 1.51. The van der Waals surface area contributed by atoms with E-state index in [1.807, 2.05) is 38.8 Å². The van der Waals surface area contributed by atoms with E-state index in [0.717, 1.165) is 44.8 Å². The second-order valence-corrected chi connectivity index (χ2v) is 36.1. The maximum atomic E-state index is 7.86. The fourth-order valence-corrected chi connectivity index (χ4v) is 19.6. The van der Waals surface area contributed by atoms with Crippen LogP contribution in [0, 0.1) is 95.5 Å². The molecular formula is C83H126N18O6. The maximum absolute atomic E-state index is 7.86. The Labute approximate surface area is 639 Å². The molecule has 584 valence electrons. The third-order valence-corrected chi connectivity index (χ3v) is 31.6. The Hall–Kier alpha value is -8.02. The van der Waals surface area contributed by atoms with E-state index in [1.54, 1.807) is 61.3 Å². The third-order valence-electron chi connectivity index (χ3n) is 31.6. The lowest BCUT2D eigenvalue weighted by molar-refractivity contribution is -0.100. The lowest BCUT2D eigenvalue weighted by Crippen LogP contribution is -2.50. The maximum Gasteiger partial charge on any atom is 0.256 e. The predicted octanol–water partition coefficient (Wildman–Crippen LogP) is 16.9. The molecule has 6 aromatic heterocycles. The molecule has 1 atom stereocenters. The SMILES string of the molecule is [C-]#[N+]/C=C(\n1cc(-c2ncnc(N)c2CC(OC)OC)cn1)C1(C)C(C)(C)C(C)(C)C(C)(C)C1(C)C.[C-]#[N+]CC(=C1C(C)(C)C(C)(C)C(C)(C)C1(C)C)n1cc(-c2ncnc(N)c2CC(OC)OC)cn1.[C-]#[N+]C[C@@H](n1cc(-c2ncnc(N)c2CC(OC)OC)cn1)C1(C)C(C)(C)C(C)(C)C(C)(C)C1(C)C. The summed E-state index contributed by atoms with van der Waals surface area (Å²) in [6, 6.07) is -0.136. The Kier molecular flexibility index (Phi) is 24.3. The number of nitrogens with two attached hydrogens (primary N) is 3. The topological polar surface area (TPSA) is 277 Å². The van der Waals surface area contributed by atoms with Crippen LogP contribution in [-0.2, 0) is 47.7 Å². The molecule has 3 fully saturated rings. The van der Waals surface area contributed by atoms with E-state index < -0.39 is 18.9 Å². The minimum atomic E-state index is -0.479. The van der Waals surface area contributed by atoms with Crippen molar-refractivity contribution in [3.63, 3.8) is 0 Å². The highest BCUT2D eigenvalue weighted by Gasteiger charge is 2.77. The van der Waals surface area contributed by atoms with Gasteiger partial charge in [-0.3, -0.25) is 9.36 Å². The number of hydrogen-bond acceptors (Lipinski definition) is 18. The van der Waals surface area contributed by atoms with E-state index >= 15 is 0 Å². The van der Waals surface area contributed by atoms with Crippen molar-refractivity contribution in [2.75, 3.05) is 72.9 Å². The van der Waals surface area contributed by atoms with Gasteiger partial charge in [-0.15, -0.1) is 0 Å². The first-order valence-electron chi connectivity index (χ1n) is 36.9. The number of aromatic nitrogens is 12. The first-order valence-corrected chi connectivity index (χ1v) is 36.9. The van der Waals surface area contributed by atoms with Crippen LogP contribution in [0.5, 0.6) is 0 Å². The van der Waals surface area contributed by atoms with Crippen molar-refractivity contribution in [2.45, 2.75) is 224 Å². The van der Waals surface area contributed by atoms with E-state index in [2.05, 4.69) is 224 Å². The molecule has 24 heteroatoms. The number of hydrogen-bond donors (Lipinski definition) is 3. The van der Waals surface area contributed by atoms with Gasteiger partial charge in [-0.25, -0.2) is 52.6 Å². The van der Waals surface area contributed by atoms with Crippen LogP contribution in [0.2, 0.25) is 0 Å². The van der Waals surface area contributed by atoms with Crippen molar-refractivity contribution >= 4 is 28.8 Å². The molecule has 0 bridgehead atoms. The van der Waals surface area contributed by atoms with Crippen LogP contribution in [0.3, 0.4) is 0 Å². The number of rotatable bonds is 22. The van der Waals surface area contributed by atoms with Gasteiger partial charge in [0.05, 0.1) is 42.2 Å². The molecule has 9 rings (SSSR count). The number of ether oxygens (including phenoxy) is 6. The zero-order chi connectivity index (χ0) is 81.0. The van der Waals surface area contributed by atoms with Crippen molar-refractivity contribution in [3.8, 4) is 33.8 Å². The normalized spacial score (nSPS) is 21.0. The summed E-state index contributed by atoms with van der Waals surface area (Å²) < 4.78 is 38.0. The zero-order valence-electron chi connectivity index (χ0n) is 70.5. The third kappa shape index (κ3) is 13.1. The monoisotopic (exact) mass is 1470 g/mol. The first-order chi connectivity index (χ1) is 49.3. The van der Waals surface area contributed by atoms with Crippen molar-refractivity contribution < 1.29 is 28.4 Å². The Morgan fingerprint density at radius 1 is 0.421 bits per heavy atom. The highest BCUT2D eigenvalue weighted by atomic mass is 16.7. The Morgan fingerprint density at radius 3 is 1.08 bits per heavy atom. The molecule has 0 unspecified atom stereocenters. The van der Waals surface area contributed by atoms with Gasteiger partial charge in [0, 0.05) is 130 Å². The molecule has 6 N–H and O–H groups in total. The fraction of sp³-hybridized carbons (Fsp3) is 0.663. The van der Waals surface area contributed by atoms with E-state index in [4.69, 9.17) is 80.6 Å². The molecule has 3 aliphatic rings. The number of allylic oxidation sites excluding steroid dienone is 2. The zero-order valence-corrected chi connectivity index (χ0v) is 70.5. The van der Waals surface area contributed by atoms with Crippen molar-refractivity contribution in [1.29, 1.82) is 0 Å². The molecule has 0 radical (unpaired) electrons. The number of nitrogen functional groups attached to an aromatic ring is 3. The van der Waals surface area contributed by atoms with Crippen LogP contribution in [0.4, 0.5) is 17.5 Å². The minimum absolute atomic E-state index is 0.00825. The average molecular weight is 1470 g/mol. The smallest absolute Gasteiger partial charge is 0.256 e. The summed E-state index contributed by atoms with van der Waals surface area (Å²) >= 11 is 0. The number of anilines is 3. The van der Waals surface area contributed by atoms with Crippen molar-refractivity contribution in [3.05, 3.63) is 119 Å². The number of nitrogens with zero attached hydrogens (tertiary/aromatic N) is 15. The molecule has 6 heterocycles. The van der Waals surface area contributed by atoms with Gasteiger partial charge in [0.25, 0.3) is 6.54 Å². The van der Waals surface area contributed by atoms with Gasteiger partial charge in [0.15, 0.2) is 25.1 Å². The van der Waals surface area contributed by atoms with Crippen LogP contribution < -0.4 is 17.2 Å².